The molecule has 0 saturated carbocycles. The van der Waals surface area contributed by atoms with Crippen LogP contribution in [0.1, 0.15) is 11.7 Å². The van der Waals surface area contributed by atoms with Crippen molar-refractivity contribution in [3.8, 4) is 0 Å². The lowest BCUT2D eigenvalue weighted by molar-refractivity contribution is -0.156. The minimum absolute atomic E-state index is 0.507. The summed E-state index contributed by atoms with van der Waals surface area (Å²) < 4.78 is 4.51. The van der Waals surface area contributed by atoms with E-state index in [-0.39, 0.29) is 0 Å². The highest BCUT2D eigenvalue weighted by atomic mass is 16.5. The van der Waals surface area contributed by atoms with Crippen molar-refractivity contribution in [2.45, 2.75) is 12.2 Å². The highest BCUT2D eigenvalue weighted by Gasteiger charge is 2.28. The zero-order valence-corrected chi connectivity index (χ0v) is 12.1. The molecule has 22 heavy (non-hydrogen) atoms. The summed E-state index contributed by atoms with van der Waals surface area (Å²) in [4.78, 5) is 11.5. The van der Waals surface area contributed by atoms with Crippen LogP contribution in [0.25, 0.3) is 21.5 Å². The molecule has 0 fully saturated rings. The van der Waals surface area contributed by atoms with Gasteiger partial charge in [-0.25, -0.2) is 4.79 Å². The smallest absolute Gasteiger partial charge is 0.337 e. The monoisotopic (exact) mass is 296 g/mol. The first kappa shape index (κ1) is 14.5. The zero-order valence-electron chi connectivity index (χ0n) is 12.1. The molecule has 0 aliphatic heterocycles. The van der Waals surface area contributed by atoms with Crippen molar-refractivity contribution in [3.63, 3.8) is 0 Å². The van der Waals surface area contributed by atoms with Crippen LogP contribution < -0.4 is 0 Å². The molecule has 3 aromatic carbocycles. The van der Waals surface area contributed by atoms with Crippen LogP contribution in [0.3, 0.4) is 0 Å². The number of aliphatic hydroxyl groups excluding tert-OH is 2. The van der Waals surface area contributed by atoms with Crippen LogP contribution >= 0.6 is 0 Å². The Labute approximate surface area is 127 Å². The Morgan fingerprint density at radius 1 is 0.955 bits per heavy atom. The lowest BCUT2D eigenvalue weighted by Crippen LogP contribution is -2.29. The lowest BCUT2D eigenvalue weighted by Gasteiger charge is -2.19. The topological polar surface area (TPSA) is 66.8 Å². The second-order valence-corrected chi connectivity index (χ2v) is 5.15. The van der Waals surface area contributed by atoms with E-state index in [0.717, 1.165) is 21.5 Å². The predicted molar refractivity (Wildman–Crippen MR) is 84.4 cm³/mol. The fourth-order valence-electron chi connectivity index (χ4n) is 2.75. The van der Waals surface area contributed by atoms with Crippen molar-refractivity contribution < 1.29 is 19.7 Å². The molecule has 0 saturated heterocycles. The minimum Gasteiger partial charge on any atom is -0.467 e. The number of rotatable bonds is 3. The standard InChI is InChI=1S/C18H16O4/c1-22-18(21)17(20)16(19)15-10-11-6-2-3-7-12(11)13-8-4-5-9-14(13)15/h2-10,16-17,19-20H,1H3. The number of esters is 1. The highest BCUT2D eigenvalue weighted by Crippen LogP contribution is 2.33. The maximum absolute atomic E-state index is 11.5. The SMILES string of the molecule is COC(=O)C(O)C(O)c1cc2ccccc2c2ccccc12. The number of methoxy groups -OCH3 is 1. The third-order valence-corrected chi connectivity index (χ3v) is 3.86. The Hall–Kier alpha value is -2.43. The van der Waals surface area contributed by atoms with Crippen LogP contribution in [0.5, 0.6) is 0 Å². The van der Waals surface area contributed by atoms with E-state index in [4.69, 9.17) is 0 Å². The molecule has 0 radical (unpaired) electrons. The summed E-state index contributed by atoms with van der Waals surface area (Å²) in [7, 11) is 1.18. The van der Waals surface area contributed by atoms with E-state index in [0.29, 0.717) is 5.56 Å². The molecule has 0 heterocycles. The quantitative estimate of drug-likeness (QED) is 0.576. The van der Waals surface area contributed by atoms with Crippen LogP contribution in [0.4, 0.5) is 0 Å². The number of hydrogen-bond acceptors (Lipinski definition) is 4. The molecule has 4 heteroatoms. The van der Waals surface area contributed by atoms with Crippen molar-refractivity contribution in [1.29, 1.82) is 0 Å². The van der Waals surface area contributed by atoms with Gasteiger partial charge in [0.05, 0.1) is 7.11 Å². The van der Waals surface area contributed by atoms with Crippen LogP contribution in [-0.2, 0) is 9.53 Å². The van der Waals surface area contributed by atoms with Gasteiger partial charge in [0, 0.05) is 0 Å². The van der Waals surface area contributed by atoms with Gasteiger partial charge in [-0.2, -0.15) is 0 Å². The number of hydrogen-bond donors (Lipinski definition) is 2. The van der Waals surface area contributed by atoms with E-state index in [2.05, 4.69) is 4.74 Å². The molecule has 0 spiro atoms. The van der Waals surface area contributed by atoms with Gasteiger partial charge in [-0.15, -0.1) is 0 Å². The van der Waals surface area contributed by atoms with E-state index in [1.807, 2.05) is 48.5 Å². The Kier molecular flexibility index (Phi) is 3.79. The van der Waals surface area contributed by atoms with Gasteiger partial charge >= 0.3 is 5.97 Å². The average Bonchev–Trinajstić information content (AvgIpc) is 2.59. The molecule has 0 aliphatic rings. The molecule has 0 amide bonds. The van der Waals surface area contributed by atoms with Gasteiger partial charge in [-0.1, -0.05) is 48.5 Å². The zero-order chi connectivity index (χ0) is 15.7. The molecule has 0 aromatic heterocycles. The van der Waals surface area contributed by atoms with E-state index < -0.39 is 18.2 Å². The summed E-state index contributed by atoms with van der Waals surface area (Å²) >= 11 is 0. The molecule has 3 rings (SSSR count). The third-order valence-electron chi connectivity index (χ3n) is 3.86. The van der Waals surface area contributed by atoms with Crippen molar-refractivity contribution in [1.82, 2.24) is 0 Å². The molecule has 3 aromatic rings. The van der Waals surface area contributed by atoms with Gasteiger partial charge in [0.25, 0.3) is 0 Å². The largest absolute Gasteiger partial charge is 0.467 e. The fraction of sp³-hybridized carbons (Fsp3) is 0.167. The Morgan fingerprint density at radius 2 is 1.55 bits per heavy atom. The second-order valence-electron chi connectivity index (χ2n) is 5.15. The lowest BCUT2D eigenvalue weighted by atomic mass is 9.93. The number of ether oxygens (including phenoxy) is 1. The summed E-state index contributed by atoms with van der Waals surface area (Å²) in [6.45, 7) is 0. The predicted octanol–water partition coefficient (Wildman–Crippen LogP) is 2.56. The average molecular weight is 296 g/mol. The summed E-state index contributed by atoms with van der Waals surface area (Å²) in [6.07, 6.45) is -2.96. The van der Waals surface area contributed by atoms with Crippen LogP contribution in [0.15, 0.2) is 54.6 Å². The number of aliphatic hydroxyl groups is 2. The van der Waals surface area contributed by atoms with Gasteiger partial charge < -0.3 is 14.9 Å². The maximum Gasteiger partial charge on any atom is 0.337 e. The molecule has 0 bridgehead atoms. The first-order chi connectivity index (χ1) is 10.6. The van der Waals surface area contributed by atoms with E-state index >= 15 is 0 Å². The van der Waals surface area contributed by atoms with Crippen molar-refractivity contribution in [3.05, 3.63) is 60.2 Å². The normalized spacial score (nSPS) is 14.0. The first-order valence-electron chi connectivity index (χ1n) is 6.98. The number of carbonyl (C=O) groups is 1. The van der Waals surface area contributed by atoms with Crippen LogP contribution in [-0.4, -0.2) is 29.4 Å². The molecular weight excluding hydrogens is 280 g/mol. The van der Waals surface area contributed by atoms with E-state index in [1.165, 1.54) is 7.11 Å². The summed E-state index contributed by atoms with van der Waals surface area (Å²) in [5, 5.41) is 24.1. The van der Waals surface area contributed by atoms with Crippen LogP contribution in [0, 0.1) is 0 Å². The number of fused-ring (bicyclic) bond motifs is 3. The van der Waals surface area contributed by atoms with Gasteiger partial charge in [-0.3, -0.25) is 0 Å². The first-order valence-corrected chi connectivity index (χ1v) is 6.98. The maximum atomic E-state index is 11.5. The van der Waals surface area contributed by atoms with Gasteiger partial charge in [-0.05, 0) is 33.2 Å². The minimum atomic E-state index is -1.62. The highest BCUT2D eigenvalue weighted by molar-refractivity contribution is 6.09. The van der Waals surface area contributed by atoms with Crippen molar-refractivity contribution in [2.24, 2.45) is 0 Å². The summed E-state index contributed by atoms with van der Waals surface area (Å²) in [6, 6.07) is 17.2. The van der Waals surface area contributed by atoms with Crippen molar-refractivity contribution in [2.75, 3.05) is 7.11 Å². The van der Waals surface area contributed by atoms with E-state index in [1.54, 1.807) is 6.07 Å². The summed E-state index contributed by atoms with van der Waals surface area (Å²) in [5.41, 5.74) is 0.507. The van der Waals surface area contributed by atoms with Crippen molar-refractivity contribution >= 4 is 27.5 Å². The van der Waals surface area contributed by atoms with Gasteiger partial charge in [0.1, 0.15) is 6.10 Å². The summed E-state index contributed by atoms with van der Waals surface area (Å²) in [5.74, 6) is -0.857. The molecule has 2 atom stereocenters. The molecule has 2 N–H and O–H groups in total. The molecule has 0 aliphatic carbocycles. The molecular formula is C18H16O4. The molecule has 2 unspecified atom stereocenters. The number of carbonyl (C=O) groups excluding carboxylic acids is 1. The Bertz CT molecular complexity index is 841. The van der Waals surface area contributed by atoms with E-state index in [9.17, 15) is 15.0 Å². The third kappa shape index (κ3) is 2.32. The molecule has 112 valence electrons. The van der Waals surface area contributed by atoms with Gasteiger partial charge in [0.15, 0.2) is 6.10 Å². The second kappa shape index (κ2) is 5.75. The number of benzene rings is 3. The Morgan fingerprint density at radius 3 is 2.23 bits per heavy atom. The van der Waals surface area contributed by atoms with Crippen LogP contribution in [0.2, 0.25) is 0 Å². The Balaban J connectivity index is 2.25. The molecule has 4 nitrogen and oxygen atoms in total. The van der Waals surface area contributed by atoms with Gasteiger partial charge in [0.2, 0.25) is 0 Å². The fourth-order valence-corrected chi connectivity index (χ4v) is 2.75.